The Balaban J connectivity index is 2.32. The van der Waals surface area contributed by atoms with E-state index in [0.29, 0.717) is 17.3 Å². The highest BCUT2D eigenvalue weighted by Gasteiger charge is 2.37. The number of halogens is 3. The van der Waals surface area contributed by atoms with Gasteiger partial charge in [-0.15, -0.1) is 11.6 Å². The van der Waals surface area contributed by atoms with Crippen molar-refractivity contribution < 1.29 is 8.78 Å². The molecule has 1 heterocycles. The van der Waals surface area contributed by atoms with Crippen molar-refractivity contribution in [2.75, 3.05) is 0 Å². The molecule has 1 aliphatic rings. The topological polar surface area (TPSA) is 17.8 Å². The molecule has 1 aliphatic carbocycles. The van der Waals surface area contributed by atoms with Crippen molar-refractivity contribution in [1.29, 1.82) is 0 Å². The summed E-state index contributed by atoms with van der Waals surface area (Å²) >= 11 is 5.82. The minimum atomic E-state index is -0.840. The van der Waals surface area contributed by atoms with Crippen LogP contribution >= 0.6 is 11.6 Å². The third kappa shape index (κ3) is 1.54. The predicted molar refractivity (Wildman–Crippen MR) is 62.0 cm³/mol. The molecule has 2 unspecified atom stereocenters. The molecule has 2 atom stereocenters. The van der Waals surface area contributed by atoms with Crippen molar-refractivity contribution in [2.45, 2.75) is 25.3 Å². The van der Waals surface area contributed by atoms with Crippen LogP contribution in [-0.2, 0) is 5.88 Å². The van der Waals surface area contributed by atoms with Gasteiger partial charge in [0.25, 0.3) is 0 Å². The molecule has 1 aromatic carbocycles. The number of imidazole rings is 1. The van der Waals surface area contributed by atoms with Gasteiger partial charge < -0.3 is 4.57 Å². The highest BCUT2D eigenvalue weighted by atomic mass is 35.5. The first kappa shape index (κ1) is 11.0. The molecule has 2 aromatic rings. The molecule has 5 heteroatoms. The van der Waals surface area contributed by atoms with Crippen molar-refractivity contribution in [3.05, 3.63) is 29.6 Å². The molecule has 0 amide bonds. The molecule has 0 aliphatic heterocycles. The smallest absolute Gasteiger partial charge is 0.184 e. The van der Waals surface area contributed by atoms with Crippen molar-refractivity contribution in [3.8, 4) is 0 Å². The van der Waals surface area contributed by atoms with Gasteiger partial charge >= 0.3 is 0 Å². The molecular formula is C12H11ClF2N2. The summed E-state index contributed by atoms with van der Waals surface area (Å²) in [6, 6.07) is 2.79. The number of hydrogen-bond acceptors (Lipinski definition) is 1. The Bertz CT molecular complexity index is 594. The zero-order chi connectivity index (χ0) is 12.2. The second-order valence-corrected chi connectivity index (χ2v) is 4.81. The van der Waals surface area contributed by atoms with Gasteiger partial charge in [-0.25, -0.2) is 13.8 Å². The Morgan fingerprint density at radius 2 is 2.18 bits per heavy atom. The lowest BCUT2D eigenvalue weighted by molar-refractivity contribution is 0.510. The van der Waals surface area contributed by atoms with E-state index in [0.717, 1.165) is 12.5 Å². The highest BCUT2D eigenvalue weighted by molar-refractivity contribution is 6.16. The van der Waals surface area contributed by atoms with E-state index in [1.165, 1.54) is 6.07 Å². The van der Waals surface area contributed by atoms with Crippen molar-refractivity contribution in [3.63, 3.8) is 0 Å². The monoisotopic (exact) mass is 256 g/mol. The predicted octanol–water partition coefficient (Wildman–Crippen LogP) is 3.63. The van der Waals surface area contributed by atoms with Gasteiger partial charge in [0.1, 0.15) is 11.3 Å². The number of alkyl halides is 1. The van der Waals surface area contributed by atoms with Crippen LogP contribution in [-0.4, -0.2) is 9.55 Å². The fourth-order valence-electron chi connectivity index (χ4n) is 2.28. The molecule has 90 valence electrons. The summed E-state index contributed by atoms with van der Waals surface area (Å²) in [6.07, 6.45) is 0.964. The van der Waals surface area contributed by atoms with Gasteiger partial charge in [0.2, 0.25) is 0 Å². The number of hydrogen-bond donors (Lipinski definition) is 0. The molecule has 0 N–H and O–H groups in total. The normalized spacial score (nSPS) is 23.3. The molecule has 0 saturated heterocycles. The Kier molecular flexibility index (Phi) is 2.36. The first-order valence-corrected chi connectivity index (χ1v) is 6.07. The fraction of sp³-hybridized carbons (Fsp3) is 0.417. The summed E-state index contributed by atoms with van der Waals surface area (Å²) in [5, 5.41) is 0. The van der Waals surface area contributed by atoms with Gasteiger partial charge in [0, 0.05) is 6.04 Å². The zero-order valence-electron chi connectivity index (χ0n) is 9.25. The molecule has 1 aromatic heterocycles. The minimum absolute atomic E-state index is 0.199. The van der Waals surface area contributed by atoms with E-state index in [1.54, 1.807) is 4.57 Å². The minimum Gasteiger partial charge on any atom is -0.321 e. The molecule has 0 spiro atoms. The summed E-state index contributed by atoms with van der Waals surface area (Å²) in [6.45, 7) is 2.08. The summed E-state index contributed by atoms with van der Waals surface area (Å²) in [5.41, 5.74) is 0.716. The molecule has 0 radical (unpaired) electrons. The quantitative estimate of drug-likeness (QED) is 0.750. The molecule has 1 saturated carbocycles. The number of nitrogens with zero attached hydrogens (tertiary/aromatic N) is 2. The SMILES string of the molecule is CC1CC1n1c(CCl)nc2ccc(F)c(F)c21. The second kappa shape index (κ2) is 3.67. The lowest BCUT2D eigenvalue weighted by Gasteiger charge is -2.06. The van der Waals surface area contributed by atoms with Gasteiger partial charge in [-0.05, 0) is 24.5 Å². The van der Waals surface area contributed by atoms with E-state index in [-0.39, 0.29) is 17.4 Å². The lowest BCUT2D eigenvalue weighted by atomic mass is 10.3. The van der Waals surface area contributed by atoms with Crippen molar-refractivity contribution in [1.82, 2.24) is 9.55 Å². The fourth-order valence-corrected chi connectivity index (χ4v) is 2.47. The Hall–Kier alpha value is -1.16. The van der Waals surface area contributed by atoms with Crippen LogP contribution < -0.4 is 0 Å². The van der Waals surface area contributed by atoms with Crippen LogP contribution in [0.1, 0.15) is 25.2 Å². The second-order valence-electron chi connectivity index (χ2n) is 4.54. The first-order chi connectivity index (χ1) is 8.13. The Morgan fingerprint density at radius 1 is 1.47 bits per heavy atom. The van der Waals surface area contributed by atoms with Gasteiger partial charge in [0.05, 0.1) is 11.4 Å². The number of aromatic nitrogens is 2. The maximum absolute atomic E-state index is 13.8. The van der Waals surface area contributed by atoms with Crippen molar-refractivity contribution in [2.24, 2.45) is 5.92 Å². The third-order valence-electron chi connectivity index (χ3n) is 3.33. The Morgan fingerprint density at radius 3 is 2.76 bits per heavy atom. The van der Waals surface area contributed by atoms with Crippen LogP contribution in [0.25, 0.3) is 11.0 Å². The van der Waals surface area contributed by atoms with Crippen LogP contribution in [0.2, 0.25) is 0 Å². The molecule has 2 nitrogen and oxygen atoms in total. The summed E-state index contributed by atoms with van der Waals surface area (Å²) in [4.78, 5) is 4.25. The van der Waals surface area contributed by atoms with Gasteiger partial charge in [-0.2, -0.15) is 0 Å². The standard InChI is InChI=1S/C12H11ClF2N2/c1-6-4-9(6)17-10(5-13)16-8-3-2-7(14)11(15)12(8)17/h2-3,6,9H,4-5H2,1H3. The van der Waals surface area contributed by atoms with Crippen LogP contribution in [0.5, 0.6) is 0 Å². The molecule has 17 heavy (non-hydrogen) atoms. The average Bonchev–Trinajstić information content (AvgIpc) is 2.91. The van der Waals surface area contributed by atoms with E-state index >= 15 is 0 Å². The van der Waals surface area contributed by atoms with Gasteiger partial charge in [0.15, 0.2) is 11.6 Å². The van der Waals surface area contributed by atoms with Gasteiger partial charge in [-0.3, -0.25) is 0 Å². The molecule has 3 rings (SSSR count). The largest absolute Gasteiger partial charge is 0.321 e. The maximum Gasteiger partial charge on any atom is 0.184 e. The zero-order valence-corrected chi connectivity index (χ0v) is 10.0. The van der Waals surface area contributed by atoms with Crippen LogP contribution in [0.4, 0.5) is 8.78 Å². The molecule has 1 fully saturated rings. The van der Waals surface area contributed by atoms with E-state index in [2.05, 4.69) is 11.9 Å². The summed E-state index contributed by atoms with van der Waals surface area (Å²) in [5.74, 6) is -0.380. The number of benzene rings is 1. The maximum atomic E-state index is 13.8. The summed E-state index contributed by atoms with van der Waals surface area (Å²) < 4.78 is 28.9. The van der Waals surface area contributed by atoms with E-state index < -0.39 is 11.6 Å². The number of rotatable bonds is 2. The van der Waals surface area contributed by atoms with Crippen LogP contribution in [0, 0.1) is 17.6 Å². The molecule has 0 bridgehead atoms. The number of fused-ring (bicyclic) bond motifs is 1. The Labute approximate surface area is 102 Å². The first-order valence-electron chi connectivity index (χ1n) is 5.54. The van der Waals surface area contributed by atoms with Crippen molar-refractivity contribution >= 4 is 22.6 Å². The lowest BCUT2D eigenvalue weighted by Crippen LogP contribution is -2.02. The third-order valence-corrected chi connectivity index (χ3v) is 3.57. The molecular weight excluding hydrogens is 246 g/mol. The van der Waals surface area contributed by atoms with E-state index in [1.807, 2.05) is 0 Å². The van der Waals surface area contributed by atoms with Crippen LogP contribution in [0.3, 0.4) is 0 Å². The van der Waals surface area contributed by atoms with E-state index in [4.69, 9.17) is 11.6 Å². The van der Waals surface area contributed by atoms with E-state index in [9.17, 15) is 8.78 Å². The van der Waals surface area contributed by atoms with Gasteiger partial charge in [-0.1, -0.05) is 6.92 Å². The average molecular weight is 257 g/mol. The summed E-state index contributed by atoms with van der Waals surface area (Å²) in [7, 11) is 0. The highest BCUT2D eigenvalue weighted by Crippen LogP contribution is 2.45. The van der Waals surface area contributed by atoms with Crippen LogP contribution in [0.15, 0.2) is 12.1 Å².